The van der Waals surface area contributed by atoms with Crippen LogP contribution in [0.1, 0.15) is 30.9 Å². The van der Waals surface area contributed by atoms with Crippen LogP contribution in [0.5, 0.6) is 0 Å². The standard InChI is InChI=1S/C23H22Cl2N2O2/c1-14-5-7-16(8-6-14)20-21(26-11-3-4-15(2)13-26)23(29)27(22(20)28)19-12-17(24)9-10-18(19)25/h5-10,12,15H,3-4,11,13H2,1-2H3. The first-order chi connectivity index (χ1) is 13.9. The van der Waals surface area contributed by atoms with Gasteiger partial charge in [-0.1, -0.05) is 60.0 Å². The van der Waals surface area contributed by atoms with E-state index in [-0.39, 0.29) is 11.8 Å². The maximum Gasteiger partial charge on any atom is 0.282 e. The number of rotatable bonds is 3. The predicted molar refractivity (Wildman–Crippen MR) is 117 cm³/mol. The molecule has 150 valence electrons. The van der Waals surface area contributed by atoms with Crippen LogP contribution in [-0.4, -0.2) is 29.8 Å². The molecular formula is C23H22Cl2N2O2. The molecule has 1 atom stereocenters. The van der Waals surface area contributed by atoms with E-state index >= 15 is 0 Å². The average Bonchev–Trinajstić information content (AvgIpc) is 2.95. The van der Waals surface area contributed by atoms with E-state index in [0.29, 0.717) is 32.9 Å². The lowest BCUT2D eigenvalue weighted by molar-refractivity contribution is -0.120. The van der Waals surface area contributed by atoms with Crippen molar-refractivity contribution in [3.63, 3.8) is 0 Å². The molecule has 2 aliphatic rings. The van der Waals surface area contributed by atoms with Gasteiger partial charge in [0.25, 0.3) is 11.8 Å². The maximum absolute atomic E-state index is 13.5. The van der Waals surface area contributed by atoms with E-state index in [1.807, 2.05) is 31.2 Å². The van der Waals surface area contributed by atoms with Crippen molar-refractivity contribution >= 4 is 46.3 Å². The Kier molecular flexibility index (Phi) is 5.41. The molecule has 4 rings (SSSR count). The first-order valence-corrected chi connectivity index (χ1v) is 10.5. The van der Waals surface area contributed by atoms with E-state index in [9.17, 15) is 9.59 Å². The van der Waals surface area contributed by atoms with Crippen molar-refractivity contribution in [1.29, 1.82) is 0 Å². The third-order valence-electron chi connectivity index (χ3n) is 5.52. The summed E-state index contributed by atoms with van der Waals surface area (Å²) >= 11 is 12.5. The molecule has 29 heavy (non-hydrogen) atoms. The summed E-state index contributed by atoms with van der Waals surface area (Å²) in [5.41, 5.74) is 3.04. The number of carbonyl (C=O) groups excluding carboxylic acids is 2. The molecule has 2 aromatic carbocycles. The lowest BCUT2D eigenvalue weighted by Gasteiger charge is -2.33. The second-order valence-electron chi connectivity index (χ2n) is 7.82. The zero-order chi connectivity index (χ0) is 20.7. The van der Waals surface area contributed by atoms with Crippen LogP contribution in [0.3, 0.4) is 0 Å². The topological polar surface area (TPSA) is 40.6 Å². The number of aryl methyl sites for hydroxylation is 1. The molecule has 1 unspecified atom stereocenters. The summed E-state index contributed by atoms with van der Waals surface area (Å²) in [4.78, 5) is 30.3. The molecule has 0 bridgehead atoms. The zero-order valence-electron chi connectivity index (χ0n) is 16.4. The van der Waals surface area contributed by atoms with Gasteiger partial charge in [0.05, 0.1) is 16.3 Å². The number of carbonyl (C=O) groups is 2. The van der Waals surface area contributed by atoms with E-state index in [1.54, 1.807) is 18.2 Å². The van der Waals surface area contributed by atoms with Crippen LogP contribution in [0.25, 0.3) is 5.57 Å². The van der Waals surface area contributed by atoms with Crippen molar-refractivity contribution in [1.82, 2.24) is 4.90 Å². The van der Waals surface area contributed by atoms with E-state index in [4.69, 9.17) is 23.2 Å². The van der Waals surface area contributed by atoms with Gasteiger partial charge in [-0.15, -0.1) is 0 Å². The highest BCUT2D eigenvalue weighted by Gasteiger charge is 2.43. The minimum absolute atomic E-state index is 0.313. The largest absolute Gasteiger partial charge is 0.366 e. The van der Waals surface area contributed by atoms with Gasteiger partial charge in [0.2, 0.25) is 0 Å². The molecule has 1 saturated heterocycles. The fraction of sp³-hybridized carbons (Fsp3) is 0.304. The molecule has 0 aromatic heterocycles. The van der Waals surface area contributed by atoms with Gasteiger partial charge in [0, 0.05) is 18.1 Å². The molecule has 2 heterocycles. The Bertz CT molecular complexity index is 1010. The number of piperidine rings is 1. The number of halogens is 2. The van der Waals surface area contributed by atoms with Crippen LogP contribution >= 0.6 is 23.2 Å². The predicted octanol–water partition coefficient (Wildman–Crippen LogP) is 5.32. The minimum atomic E-state index is -0.365. The quantitative estimate of drug-likeness (QED) is 0.621. The SMILES string of the molecule is Cc1ccc(C2=C(N3CCCC(C)C3)C(=O)N(c3cc(Cl)ccc3Cl)C2=O)cc1. The van der Waals surface area contributed by atoms with E-state index in [1.165, 1.54) is 0 Å². The number of benzene rings is 2. The van der Waals surface area contributed by atoms with Crippen molar-refractivity contribution in [3.05, 3.63) is 69.3 Å². The van der Waals surface area contributed by atoms with Crippen LogP contribution < -0.4 is 4.90 Å². The van der Waals surface area contributed by atoms with Gasteiger partial charge in [-0.2, -0.15) is 0 Å². The van der Waals surface area contributed by atoms with Gasteiger partial charge in [0.1, 0.15) is 5.70 Å². The summed E-state index contributed by atoms with van der Waals surface area (Å²) in [5, 5.41) is 0.731. The summed E-state index contributed by atoms with van der Waals surface area (Å²) in [6, 6.07) is 12.5. The van der Waals surface area contributed by atoms with E-state index < -0.39 is 0 Å². The molecule has 0 radical (unpaired) electrons. The highest BCUT2D eigenvalue weighted by Crippen LogP contribution is 2.39. The molecule has 6 heteroatoms. The highest BCUT2D eigenvalue weighted by molar-refractivity contribution is 6.47. The molecule has 1 fully saturated rings. The van der Waals surface area contributed by atoms with Crippen LogP contribution in [0.4, 0.5) is 5.69 Å². The fourth-order valence-electron chi connectivity index (χ4n) is 4.06. The van der Waals surface area contributed by atoms with E-state index in [2.05, 4.69) is 11.8 Å². The number of anilines is 1. The van der Waals surface area contributed by atoms with Crippen LogP contribution in [-0.2, 0) is 9.59 Å². The summed E-state index contributed by atoms with van der Waals surface area (Å²) in [6.07, 6.45) is 2.11. The van der Waals surface area contributed by atoms with Crippen molar-refractivity contribution in [2.45, 2.75) is 26.7 Å². The molecule has 0 spiro atoms. The van der Waals surface area contributed by atoms with Gasteiger partial charge in [-0.3, -0.25) is 9.59 Å². The second-order valence-corrected chi connectivity index (χ2v) is 8.67. The molecule has 0 saturated carbocycles. The number of imide groups is 1. The van der Waals surface area contributed by atoms with Gasteiger partial charge in [0.15, 0.2) is 0 Å². The Morgan fingerprint density at radius 3 is 2.41 bits per heavy atom. The zero-order valence-corrected chi connectivity index (χ0v) is 17.9. The van der Waals surface area contributed by atoms with Gasteiger partial charge < -0.3 is 4.90 Å². The molecule has 0 aliphatic carbocycles. The van der Waals surface area contributed by atoms with Crippen LogP contribution in [0.2, 0.25) is 10.0 Å². The smallest absolute Gasteiger partial charge is 0.282 e. The molecule has 0 N–H and O–H groups in total. The molecular weight excluding hydrogens is 407 g/mol. The normalized spacial score (nSPS) is 20.1. The Balaban J connectivity index is 1.85. The number of amides is 2. The van der Waals surface area contributed by atoms with Crippen LogP contribution in [0.15, 0.2) is 48.2 Å². The second kappa shape index (κ2) is 7.85. The summed E-state index contributed by atoms with van der Waals surface area (Å²) in [6.45, 7) is 5.67. The van der Waals surface area contributed by atoms with Gasteiger partial charge in [-0.25, -0.2) is 4.90 Å². The Labute approximate surface area is 180 Å². The lowest BCUT2D eigenvalue weighted by Crippen LogP contribution is -2.39. The lowest BCUT2D eigenvalue weighted by atomic mass is 9.97. The Morgan fingerprint density at radius 2 is 1.72 bits per heavy atom. The third-order valence-corrected chi connectivity index (χ3v) is 6.08. The Hall–Kier alpha value is -2.30. The van der Waals surface area contributed by atoms with Crippen molar-refractivity contribution in [3.8, 4) is 0 Å². The van der Waals surface area contributed by atoms with Gasteiger partial charge >= 0.3 is 0 Å². The molecule has 2 aliphatic heterocycles. The molecule has 4 nitrogen and oxygen atoms in total. The summed E-state index contributed by atoms with van der Waals surface area (Å²) in [5.74, 6) is -0.248. The number of hydrogen-bond donors (Lipinski definition) is 0. The minimum Gasteiger partial charge on any atom is -0.366 e. The average molecular weight is 429 g/mol. The van der Waals surface area contributed by atoms with Crippen molar-refractivity contribution in [2.75, 3.05) is 18.0 Å². The van der Waals surface area contributed by atoms with Crippen molar-refractivity contribution in [2.24, 2.45) is 5.92 Å². The summed E-state index contributed by atoms with van der Waals surface area (Å²) in [7, 11) is 0. The number of hydrogen-bond acceptors (Lipinski definition) is 3. The summed E-state index contributed by atoms with van der Waals surface area (Å²) < 4.78 is 0. The third kappa shape index (κ3) is 3.67. The number of nitrogens with zero attached hydrogens (tertiary/aromatic N) is 2. The van der Waals surface area contributed by atoms with Crippen LogP contribution in [0, 0.1) is 12.8 Å². The fourth-order valence-corrected chi connectivity index (χ4v) is 4.43. The molecule has 2 amide bonds. The van der Waals surface area contributed by atoms with E-state index in [0.717, 1.165) is 42.0 Å². The first kappa shape index (κ1) is 20.0. The highest BCUT2D eigenvalue weighted by atomic mass is 35.5. The molecule has 2 aromatic rings. The Morgan fingerprint density at radius 1 is 1.00 bits per heavy atom. The first-order valence-electron chi connectivity index (χ1n) is 9.77. The maximum atomic E-state index is 13.5. The van der Waals surface area contributed by atoms with Gasteiger partial charge in [-0.05, 0) is 49.4 Å². The number of likely N-dealkylation sites (tertiary alicyclic amines) is 1. The van der Waals surface area contributed by atoms with Crippen molar-refractivity contribution < 1.29 is 9.59 Å². The monoisotopic (exact) mass is 428 g/mol.